The molecule has 0 radical (unpaired) electrons. The largest absolute Gasteiger partial charge is 0.250 e. The Bertz CT molecular complexity index is 451. The quantitative estimate of drug-likeness (QED) is 0.497. The van der Waals surface area contributed by atoms with Crippen molar-refractivity contribution in [3.05, 3.63) is 53.0 Å². The number of allylic oxidation sites excluding steroid dienone is 3. The van der Waals surface area contributed by atoms with Gasteiger partial charge in [0, 0.05) is 10.3 Å². The van der Waals surface area contributed by atoms with Crippen molar-refractivity contribution in [2.45, 2.75) is 51.3 Å². The maximum Gasteiger partial charge on any atom is 0.0772 e. The van der Waals surface area contributed by atoms with Gasteiger partial charge in [0.25, 0.3) is 0 Å². The van der Waals surface area contributed by atoms with Crippen LogP contribution in [0.5, 0.6) is 0 Å². The van der Waals surface area contributed by atoms with E-state index in [4.69, 9.17) is 0 Å². The van der Waals surface area contributed by atoms with Crippen molar-refractivity contribution >= 4 is 10.8 Å². The molecule has 2 heteroatoms. The Morgan fingerprint density at radius 1 is 1.11 bits per heavy atom. The van der Waals surface area contributed by atoms with Crippen LogP contribution in [0, 0.1) is 6.92 Å². The van der Waals surface area contributed by atoms with E-state index in [9.17, 15) is 4.21 Å². The van der Waals surface area contributed by atoms with E-state index in [-0.39, 0.29) is 0 Å². The predicted octanol–water partition coefficient (Wildman–Crippen LogP) is 5.14. The van der Waals surface area contributed by atoms with Crippen LogP contribution in [0.25, 0.3) is 0 Å². The number of benzene rings is 1. The summed E-state index contributed by atoms with van der Waals surface area (Å²) in [5, 5.41) is 1.81. The first-order chi connectivity index (χ1) is 9.09. The van der Waals surface area contributed by atoms with Crippen molar-refractivity contribution in [1.82, 2.24) is 0 Å². The van der Waals surface area contributed by atoms with Crippen LogP contribution in [0.4, 0.5) is 0 Å². The van der Waals surface area contributed by atoms with Crippen LogP contribution in [0.15, 0.2) is 52.3 Å². The van der Waals surface area contributed by atoms with E-state index in [2.05, 4.69) is 19.9 Å². The summed E-state index contributed by atoms with van der Waals surface area (Å²) in [4.78, 5) is 0.881. The molecule has 1 rings (SSSR count). The second kappa shape index (κ2) is 8.87. The van der Waals surface area contributed by atoms with Gasteiger partial charge < -0.3 is 0 Å². The molecule has 1 atom stereocenters. The third kappa shape index (κ3) is 7.12. The predicted molar refractivity (Wildman–Crippen MR) is 84.6 cm³/mol. The Morgan fingerprint density at radius 2 is 1.74 bits per heavy atom. The summed E-state index contributed by atoms with van der Waals surface area (Å²) in [6, 6.07) is 7.87. The van der Waals surface area contributed by atoms with Gasteiger partial charge in [0.05, 0.1) is 10.8 Å². The molecule has 0 aliphatic carbocycles. The molecule has 0 saturated heterocycles. The Morgan fingerprint density at radius 3 is 2.37 bits per heavy atom. The number of aryl methyl sites for hydroxylation is 1. The molecule has 0 fully saturated rings. The molecule has 19 heavy (non-hydrogen) atoms. The van der Waals surface area contributed by atoms with Gasteiger partial charge in [0.1, 0.15) is 0 Å². The van der Waals surface area contributed by atoms with Crippen LogP contribution in [0.1, 0.15) is 45.1 Å². The van der Waals surface area contributed by atoms with Crippen LogP contribution < -0.4 is 0 Å². The summed E-state index contributed by atoms with van der Waals surface area (Å²) < 4.78 is 11.9. The fourth-order valence-electron chi connectivity index (χ4n) is 1.70. The van der Waals surface area contributed by atoms with Gasteiger partial charge in [-0.3, -0.25) is 0 Å². The van der Waals surface area contributed by atoms with E-state index < -0.39 is 10.8 Å². The first kappa shape index (κ1) is 15.9. The van der Waals surface area contributed by atoms with Crippen molar-refractivity contribution in [2.24, 2.45) is 0 Å². The lowest BCUT2D eigenvalue weighted by molar-refractivity contribution is 0.688. The molecule has 1 aromatic carbocycles. The molecule has 0 aliphatic rings. The maximum absolute atomic E-state index is 11.9. The van der Waals surface area contributed by atoms with E-state index >= 15 is 0 Å². The molecule has 0 aliphatic heterocycles. The van der Waals surface area contributed by atoms with Gasteiger partial charge in [-0.05, 0) is 58.6 Å². The minimum absolute atomic E-state index is 0.881. The summed E-state index contributed by atoms with van der Waals surface area (Å²) in [6.07, 6.45) is 8.83. The molecule has 104 valence electrons. The van der Waals surface area contributed by atoms with Crippen LogP contribution in [-0.2, 0) is 10.8 Å². The number of hydrogen-bond acceptors (Lipinski definition) is 1. The molecule has 0 heterocycles. The highest BCUT2D eigenvalue weighted by Gasteiger charge is 1.97. The standard InChI is InChI=1S/C17H24OS/c1-15(2)9-7-5-4-6-8-14-19(18)17-12-10-16(3)11-13-17/h8-14H,4-7H2,1-3H3/b14-8-. The lowest BCUT2D eigenvalue weighted by Gasteiger charge is -1.98. The van der Waals surface area contributed by atoms with E-state index in [0.29, 0.717) is 0 Å². The molecule has 1 unspecified atom stereocenters. The molecule has 1 aromatic rings. The highest BCUT2D eigenvalue weighted by atomic mass is 32.2. The topological polar surface area (TPSA) is 17.1 Å². The van der Waals surface area contributed by atoms with Gasteiger partial charge in [0.15, 0.2) is 0 Å². The zero-order chi connectivity index (χ0) is 14.1. The summed E-state index contributed by atoms with van der Waals surface area (Å²) in [6.45, 7) is 6.30. The monoisotopic (exact) mass is 276 g/mol. The molecule has 0 aromatic heterocycles. The first-order valence-electron chi connectivity index (χ1n) is 6.87. The highest BCUT2D eigenvalue weighted by Crippen LogP contribution is 2.10. The third-order valence-electron chi connectivity index (χ3n) is 2.85. The van der Waals surface area contributed by atoms with Gasteiger partial charge in [0.2, 0.25) is 0 Å². The van der Waals surface area contributed by atoms with E-state index in [1.807, 2.05) is 42.7 Å². The molecule has 0 bridgehead atoms. The number of unbranched alkanes of at least 4 members (excludes halogenated alkanes) is 3. The molecule has 0 saturated carbocycles. The highest BCUT2D eigenvalue weighted by molar-refractivity contribution is 7.88. The van der Waals surface area contributed by atoms with Crippen molar-refractivity contribution in [2.75, 3.05) is 0 Å². The van der Waals surface area contributed by atoms with Crippen molar-refractivity contribution < 1.29 is 4.21 Å². The van der Waals surface area contributed by atoms with Gasteiger partial charge in [-0.1, -0.05) is 35.4 Å². The number of hydrogen-bond donors (Lipinski definition) is 0. The summed E-state index contributed by atoms with van der Waals surface area (Å²) in [5.41, 5.74) is 2.58. The van der Waals surface area contributed by atoms with Gasteiger partial charge >= 0.3 is 0 Å². The fourth-order valence-corrected chi connectivity index (χ4v) is 2.58. The Labute approximate surface area is 119 Å². The Hall–Kier alpha value is -1.15. The molecule has 1 nitrogen and oxygen atoms in total. The molecule has 0 spiro atoms. The molecule has 0 N–H and O–H groups in total. The smallest absolute Gasteiger partial charge is 0.0772 e. The molecular weight excluding hydrogens is 252 g/mol. The lowest BCUT2D eigenvalue weighted by Crippen LogP contribution is -1.86. The normalized spacial score (nSPS) is 12.6. The average Bonchev–Trinajstić information content (AvgIpc) is 2.38. The fraction of sp³-hybridized carbons (Fsp3) is 0.412. The van der Waals surface area contributed by atoms with Crippen molar-refractivity contribution in [3.63, 3.8) is 0 Å². The van der Waals surface area contributed by atoms with Crippen molar-refractivity contribution in [3.8, 4) is 0 Å². The lowest BCUT2D eigenvalue weighted by atomic mass is 10.1. The SMILES string of the molecule is CC(C)=CCCCC/C=C\S(=O)c1ccc(C)cc1. The van der Waals surface area contributed by atoms with E-state index in [1.165, 1.54) is 17.6 Å². The van der Waals surface area contributed by atoms with E-state index in [1.54, 1.807) is 0 Å². The Kier molecular flexibility index (Phi) is 7.42. The zero-order valence-corrected chi connectivity index (χ0v) is 13.0. The second-order valence-electron chi connectivity index (χ2n) is 5.05. The van der Waals surface area contributed by atoms with E-state index in [0.717, 1.165) is 24.2 Å². The maximum atomic E-state index is 11.9. The van der Waals surface area contributed by atoms with Gasteiger partial charge in [-0.15, -0.1) is 0 Å². The van der Waals surface area contributed by atoms with Crippen molar-refractivity contribution in [1.29, 1.82) is 0 Å². The van der Waals surface area contributed by atoms with Gasteiger partial charge in [-0.25, -0.2) is 4.21 Å². The van der Waals surface area contributed by atoms with Crippen LogP contribution in [-0.4, -0.2) is 4.21 Å². The third-order valence-corrected chi connectivity index (χ3v) is 4.03. The van der Waals surface area contributed by atoms with Crippen LogP contribution in [0.2, 0.25) is 0 Å². The Balaban J connectivity index is 2.27. The first-order valence-corrected chi connectivity index (χ1v) is 8.08. The summed E-state index contributed by atoms with van der Waals surface area (Å²) >= 11 is 0. The van der Waals surface area contributed by atoms with Crippen LogP contribution in [0.3, 0.4) is 0 Å². The summed E-state index contributed by atoms with van der Waals surface area (Å²) in [7, 11) is -0.999. The number of rotatable bonds is 7. The summed E-state index contributed by atoms with van der Waals surface area (Å²) in [5.74, 6) is 0. The molecule has 0 amide bonds. The zero-order valence-electron chi connectivity index (χ0n) is 12.2. The van der Waals surface area contributed by atoms with Crippen LogP contribution >= 0.6 is 0 Å². The average molecular weight is 276 g/mol. The molecular formula is C17H24OS. The second-order valence-corrected chi connectivity index (χ2v) is 6.39. The minimum Gasteiger partial charge on any atom is -0.250 e. The van der Waals surface area contributed by atoms with Gasteiger partial charge in [-0.2, -0.15) is 0 Å². The minimum atomic E-state index is -0.999.